The van der Waals surface area contributed by atoms with Crippen molar-refractivity contribution in [1.82, 2.24) is 5.32 Å². The summed E-state index contributed by atoms with van der Waals surface area (Å²) < 4.78 is 5.22. The van der Waals surface area contributed by atoms with E-state index in [4.69, 9.17) is 4.74 Å². The van der Waals surface area contributed by atoms with Crippen LogP contribution in [0.15, 0.2) is 24.3 Å². The second-order valence-corrected chi connectivity index (χ2v) is 7.58. The SMILES string of the molecule is COc1ccc(C(C)NC2CCC(C(C)(C)C)CC2)cc1. The van der Waals surface area contributed by atoms with E-state index in [1.54, 1.807) is 7.11 Å². The summed E-state index contributed by atoms with van der Waals surface area (Å²) in [6.07, 6.45) is 5.33. The van der Waals surface area contributed by atoms with E-state index in [1.165, 1.54) is 31.2 Å². The molecule has 0 amide bonds. The minimum absolute atomic E-state index is 0.409. The second kappa shape index (κ2) is 6.83. The van der Waals surface area contributed by atoms with Gasteiger partial charge in [0.1, 0.15) is 5.75 Å². The molecule has 1 N–H and O–H groups in total. The first-order valence-electron chi connectivity index (χ1n) is 8.30. The minimum Gasteiger partial charge on any atom is -0.497 e. The van der Waals surface area contributed by atoms with E-state index < -0.39 is 0 Å². The third-order valence-electron chi connectivity index (χ3n) is 5.05. The lowest BCUT2D eigenvalue weighted by Crippen LogP contribution is -2.37. The lowest BCUT2D eigenvalue weighted by Gasteiger charge is -2.38. The second-order valence-electron chi connectivity index (χ2n) is 7.58. The lowest BCUT2D eigenvalue weighted by atomic mass is 9.71. The van der Waals surface area contributed by atoms with Gasteiger partial charge in [-0.25, -0.2) is 0 Å². The van der Waals surface area contributed by atoms with Gasteiger partial charge in [-0.05, 0) is 61.6 Å². The monoisotopic (exact) mass is 289 g/mol. The zero-order valence-electron chi connectivity index (χ0n) is 14.3. The highest BCUT2D eigenvalue weighted by atomic mass is 16.5. The molecule has 118 valence electrons. The lowest BCUT2D eigenvalue weighted by molar-refractivity contribution is 0.157. The van der Waals surface area contributed by atoms with Crippen molar-refractivity contribution in [2.45, 2.75) is 65.5 Å². The molecule has 1 aromatic rings. The van der Waals surface area contributed by atoms with E-state index in [2.05, 4.69) is 45.1 Å². The molecule has 1 fully saturated rings. The Kier molecular flexibility index (Phi) is 5.32. The van der Waals surface area contributed by atoms with Gasteiger partial charge in [0.25, 0.3) is 0 Å². The number of nitrogens with one attached hydrogen (secondary N) is 1. The summed E-state index contributed by atoms with van der Waals surface area (Å²) >= 11 is 0. The zero-order valence-corrected chi connectivity index (χ0v) is 14.3. The molecule has 1 aromatic carbocycles. The molecule has 0 bridgehead atoms. The van der Waals surface area contributed by atoms with Crippen LogP contribution in [-0.4, -0.2) is 13.2 Å². The summed E-state index contributed by atoms with van der Waals surface area (Å²) in [5.74, 6) is 1.81. The molecular formula is C19H31NO. The van der Waals surface area contributed by atoms with Gasteiger partial charge in [-0.3, -0.25) is 0 Å². The number of rotatable bonds is 4. The van der Waals surface area contributed by atoms with Gasteiger partial charge in [0, 0.05) is 12.1 Å². The Morgan fingerprint density at radius 2 is 1.62 bits per heavy atom. The number of methoxy groups -OCH3 is 1. The molecule has 21 heavy (non-hydrogen) atoms. The van der Waals surface area contributed by atoms with Crippen LogP contribution in [0.3, 0.4) is 0 Å². The largest absolute Gasteiger partial charge is 0.497 e. The summed E-state index contributed by atoms with van der Waals surface area (Å²) in [5.41, 5.74) is 1.81. The van der Waals surface area contributed by atoms with Gasteiger partial charge < -0.3 is 10.1 Å². The summed E-state index contributed by atoms with van der Waals surface area (Å²) in [6, 6.07) is 9.50. The van der Waals surface area contributed by atoms with Crippen molar-refractivity contribution in [2.75, 3.05) is 7.11 Å². The van der Waals surface area contributed by atoms with Crippen LogP contribution < -0.4 is 10.1 Å². The predicted octanol–water partition coefficient (Wildman–Crippen LogP) is 4.95. The van der Waals surface area contributed by atoms with Crippen LogP contribution in [-0.2, 0) is 0 Å². The van der Waals surface area contributed by atoms with E-state index in [9.17, 15) is 0 Å². The van der Waals surface area contributed by atoms with Gasteiger partial charge in [-0.1, -0.05) is 32.9 Å². The van der Waals surface area contributed by atoms with E-state index in [0.29, 0.717) is 17.5 Å². The van der Waals surface area contributed by atoms with E-state index in [-0.39, 0.29) is 0 Å². The fourth-order valence-corrected chi connectivity index (χ4v) is 3.47. The van der Waals surface area contributed by atoms with Crippen molar-refractivity contribution >= 4 is 0 Å². The van der Waals surface area contributed by atoms with Crippen LogP contribution in [0.25, 0.3) is 0 Å². The molecule has 2 nitrogen and oxygen atoms in total. The molecule has 2 rings (SSSR count). The predicted molar refractivity (Wildman–Crippen MR) is 89.7 cm³/mol. The van der Waals surface area contributed by atoms with Crippen LogP contribution in [0.1, 0.15) is 65.0 Å². The quantitative estimate of drug-likeness (QED) is 0.846. The Morgan fingerprint density at radius 1 is 1.05 bits per heavy atom. The highest BCUT2D eigenvalue weighted by Gasteiger charge is 2.30. The van der Waals surface area contributed by atoms with E-state index >= 15 is 0 Å². The fraction of sp³-hybridized carbons (Fsp3) is 0.684. The Labute approximate surface area is 130 Å². The maximum Gasteiger partial charge on any atom is 0.118 e. The summed E-state index contributed by atoms with van der Waals surface area (Å²) in [6.45, 7) is 9.40. The third kappa shape index (κ3) is 4.47. The van der Waals surface area contributed by atoms with E-state index in [0.717, 1.165) is 11.7 Å². The van der Waals surface area contributed by atoms with Gasteiger partial charge in [0.15, 0.2) is 0 Å². The molecule has 2 heteroatoms. The molecule has 1 aliphatic carbocycles. The average molecular weight is 289 g/mol. The number of hydrogen-bond acceptors (Lipinski definition) is 2. The van der Waals surface area contributed by atoms with Crippen LogP contribution >= 0.6 is 0 Å². The van der Waals surface area contributed by atoms with Crippen LogP contribution in [0, 0.1) is 11.3 Å². The van der Waals surface area contributed by atoms with Gasteiger partial charge in [0.2, 0.25) is 0 Å². The van der Waals surface area contributed by atoms with Crippen molar-refractivity contribution in [3.8, 4) is 5.75 Å². The van der Waals surface area contributed by atoms with Crippen LogP contribution in [0.4, 0.5) is 0 Å². The van der Waals surface area contributed by atoms with Crippen LogP contribution in [0.5, 0.6) is 5.75 Å². The molecule has 1 atom stereocenters. The summed E-state index contributed by atoms with van der Waals surface area (Å²) in [5, 5.41) is 3.80. The molecule has 1 saturated carbocycles. The minimum atomic E-state index is 0.409. The molecule has 1 aliphatic rings. The Hall–Kier alpha value is -1.02. The first-order chi connectivity index (χ1) is 9.90. The number of hydrogen-bond donors (Lipinski definition) is 1. The third-order valence-corrected chi connectivity index (χ3v) is 5.05. The molecule has 0 aliphatic heterocycles. The molecule has 1 unspecified atom stereocenters. The highest BCUT2D eigenvalue weighted by Crippen LogP contribution is 2.38. The highest BCUT2D eigenvalue weighted by molar-refractivity contribution is 5.28. The molecule has 0 radical (unpaired) electrons. The van der Waals surface area contributed by atoms with Crippen LogP contribution in [0.2, 0.25) is 0 Å². The maximum absolute atomic E-state index is 5.22. The van der Waals surface area contributed by atoms with E-state index in [1.807, 2.05) is 12.1 Å². The number of ether oxygens (including phenoxy) is 1. The van der Waals surface area contributed by atoms with Crippen molar-refractivity contribution in [3.63, 3.8) is 0 Å². The summed E-state index contributed by atoms with van der Waals surface area (Å²) in [4.78, 5) is 0. The Balaban J connectivity index is 1.85. The number of benzene rings is 1. The Morgan fingerprint density at radius 3 is 2.10 bits per heavy atom. The Bertz CT molecular complexity index is 424. The van der Waals surface area contributed by atoms with Gasteiger partial charge in [-0.15, -0.1) is 0 Å². The molecular weight excluding hydrogens is 258 g/mol. The first kappa shape index (κ1) is 16.4. The first-order valence-corrected chi connectivity index (χ1v) is 8.30. The van der Waals surface area contributed by atoms with Crippen molar-refractivity contribution in [3.05, 3.63) is 29.8 Å². The van der Waals surface area contributed by atoms with Gasteiger partial charge in [0.05, 0.1) is 7.11 Å². The standard InChI is InChI=1S/C19H31NO/c1-14(15-6-12-18(21-5)13-7-15)20-17-10-8-16(9-11-17)19(2,3)4/h6-7,12-14,16-17,20H,8-11H2,1-5H3. The molecule has 0 spiro atoms. The smallest absolute Gasteiger partial charge is 0.118 e. The van der Waals surface area contributed by atoms with Gasteiger partial charge in [-0.2, -0.15) is 0 Å². The topological polar surface area (TPSA) is 21.3 Å². The fourth-order valence-electron chi connectivity index (χ4n) is 3.47. The van der Waals surface area contributed by atoms with Crippen molar-refractivity contribution < 1.29 is 4.74 Å². The molecule has 0 heterocycles. The molecule has 0 saturated heterocycles. The normalized spacial score (nSPS) is 24.6. The zero-order chi connectivity index (χ0) is 15.5. The molecule has 0 aromatic heterocycles. The van der Waals surface area contributed by atoms with Gasteiger partial charge >= 0.3 is 0 Å². The maximum atomic E-state index is 5.22. The van der Waals surface area contributed by atoms with Crippen molar-refractivity contribution in [2.24, 2.45) is 11.3 Å². The van der Waals surface area contributed by atoms with Crippen molar-refractivity contribution in [1.29, 1.82) is 0 Å². The summed E-state index contributed by atoms with van der Waals surface area (Å²) in [7, 11) is 1.71. The average Bonchev–Trinajstić information content (AvgIpc) is 2.47.